The van der Waals surface area contributed by atoms with E-state index in [2.05, 4.69) is 13.2 Å². The standard InChI is InChI=1S/4C8H9NO.2FH.2Hf/c4*1-6-2-4-7(5-3-6)8(9)10;;;;/h4*2-5H,1H3,(H2,9,10);2*1H;;/q;;;;;;2*+3/p-6. The van der Waals surface area contributed by atoms with E-state index in [1.54, 1.807) is 48.5 Å². The van der Waals surface area contributed by atoms with Gasteiger partial charge in [0.05, 0.1) is 0 Å². The van der Waals surface area contributed by atoms with Crippen LogP contribution in [0, 0.1) is 27.7 Å². The Bertz CT molecular complexity index is 1290. The summed E-state index contributed by atoms with van der Waals surface area (Å²) in [6, 6.07) is 29.5. The molecular formula is C32H32F2Hf2N4O4. The number of carbonyl (C=O) groups excluding carboxylic acids is 4. The molecule has 4 amide bonds. The molecule has 0 heterocycles. The molecule has 0 saturated carbocycles. The monoisotopic (exact) mass is 934 g/mol. The molecule has 0 spiro atoms. The molecule has 8 nitrogen and oxygen atoms in total. The Morgan fingerprint density at radius 3 is 0.682 bits per heavy atom. The van der Waals surface area contributed by atoms with Crippen molar-refractivity contribution in [1.82, 2.24) is 13.2 Å². The van der Waals surface area contributed by atoms with E-state index >= 15 is 0 Å². The van der Waals surface area contributed by atoms with Crippen LogP contribution < -0.4 is 22.6 Å². The number of hydrogen-bond donors (Lipinski definition) is 4. The van der Waals surface area contributed by atoms with Crippen LogP contribution in [0.5, 0.6) is 0 Å². The second-order valence-corrected chi connectivity index (χ2v) is 14.9. The van der Waals surface area contributed by atoms with Gasteiger partial charge in [0.2, 0.25) is 0 Å². The average molecular weight is 932 g/mol. The summed E-state index contributed by atoms with van der Waals surface area (Å²) in [5.41, 5.74) is 6.94. The molecule has 0 bridgehead atoms. The van der Waals surface area contributed by atoms with Gasteiger partial charge < -0.3 is 9.41 Å². The van der Waals surface area contributed by atoms with E-state index in [-0.39, 0.29) is 33.0 Å². The van der Waals surface area contributed by atoms with E-state index in [4.69, 9.17) is 0 Å². The van der Waals surface area contributed by atoms with Gasteiger partial charge in [0.25, 0.3) is 0 Å². The number of benzene rings is 4. The van der Waals surface area contributed by atoms with Crippen molar-refractivity contribution in [2.24, 2.45) is 0 Å². The Morgan fingerprint density at radius 2 is 0.523 bits per heavy atom. The number of aryl methyl sites for hydroxylation is 4. The zero-order valence-electron chi connectivity index (χ0n) is 24.6. The van der Waals surface area contributed by atoms with Crippen LogP contribution in [-0.2, 0) is 47.0 Å². The molecule has 0 aliphatic carbocycles. The van der Waals surface area contributed by atoms with Crippen molar-refractivity contribution in [3.05, 3.63) is 142 Å². The van der Waals surface area contributed by atoms with E-state index < -0.39 is 47.0 Å². The van der Waals surface area contributed by atoms with Crippen LogP contribution in [0.4, 0.5) is 0 Å². The summed E-state index contributed by atoms with van der Waals surface area (Å²) in [7, 11) is 0. The van der Waals surface area contributed by atoms with Gasteiger partial charge in [0.15, 0.2) is 0 Å². The topological polar surface area (TPSA) is 116 Å². The summed E-state index contributed by atoms with van der Waals surface area (Å²) < 4.78 is 11.4. The molecule has 12 heteroatoms. The van der Waals surface area contributed by atoms with Crippen molar-refractivity contribution in [3.63, 3.8) is 0 Å². The maximum absolute atomic E-state index is 11.9. The predicted molar refractivity (Wildman–Crippen MR) is 155 cm³/mol. The normalized spacial score (nSPS) is 9.18. The fraction of sp³-hybridized carbons (Fsp3) is 0.125. The first-order valence-electron chi connectivity index (χ1n) is 13.1. The van der Waals surface area contributed by atoms with Crippen LogP contribution in [0.1, 0.15) is 63.7 Å². The zero-order chi connectivity index (χ0) is 30.5. The molecular weight excluding hydrogens is 899 g/mol. The summed E-state index contributed by atoms with van der Waals surface area (Å²) in [5.74, 6) is -0.491. The molecule has 226 valence electrons. The fourth-order valence-electron chi connectivity index (χ4n) is 3.40. The van der Waals surface area contributed by atoms with Crippen molar-refractivity contribution < 1.29 is 75.6 Å². The number of hydrogen-bond acceptors (Lipinski definition) is 4. The number of amides is 4. The minimum absolute atomic E-state index is 0. The predicted octanol–water partition coefficient (Wildman–Crippen LogP) is -1.24. The molecule has 4 rings (SSSR count). The van der Waals surface area contributed by atoms with Gasteiger partial charge in [-0.3, -0.25) is 0 Å². The minimum Gasteiger partial charge on any atom is -1.00 e. The fourth-order valence-corrected chi connectivity index (χ4v) is 7.55. The van der Waals surface area contributed by atoms with Gasteiger partial charge in [-0.2, -0.15) is 0 Å². The van der Waals surface area contributed by atoms with Gasteiger partial charge in [-0.25, -0.2) is 0 Å². The molecule has 4 N–H and O–H groups in total. The number of rotatable bonds is 8. The smallest absolute Gasteiger partial charge is 1.00 e. The van der Waals surface area contributed by atoms with Crippen LogP contribution in [0.3, 0.4) is 0 Å². The first kappa shape index (κ1) is 38.4. The van der Waals surface area contributed by atoms with Gasteiger partial charge in [0, 0.05) is 0 Å². The Labute approximate surface area is 279 Å². The second-order valence-electron chi connectivity index (χ2n) is 9.53. The number of nitrogens with one attached hydrogen (secondary N) is 4. The Morgan fingerprint density at radius 1 is 0.364 bits per heavy atom. The largest absolute Gasteiger partial charge is 1.00 e. The molecule has 4 aromatic carbocycles. The first-order chi connectivity index (χ1) is 20.1. The zero-order valence-corrected chi connectivity index (χ0v) is 31.8. The molecule has 0 aliphatic heterocycles. The average Bonchev–Trinajstić information content (AvgIpc) is 2.98. The summed E-state index contributed by atoms with van der Waals surface area (Å²) in [6.45, 7) is 7.90. The van der Waals surface area contributed by atoms with Crippen LogP contribution >= 0.6 is 0 Å². The molecule has 0 saturated heterocycles. The summed E-state index contributed by atoms with van der Waals surface area (Å²) >= 11 is -3.41. The summed E-state index contributed by atoms with van der Waals surface area (Å²) in [5, 5.41) is 0. The van der Waals surface area contributed by atoms with Crippen LogP contribution in [-0.4, -0.2) is 23.6 Å². The maximum Gasteiger partial charge on any atom is -1.00 e. The Hall–Kier alpha value is -3.64. The third-order valence-electron chi connectivity index (χ3n) is 5.96. The van der Waals surface area contributed by atoms with E-state index in [0.717, 1.165) is 22.3 Å². The summed E-state index contributed by atoms with van der Waals surface area (Å²) in [4.78, 5) is 47.6. The minimum atomic E-state index is -1.70. The van der Waals surface area contributed by atoms with Gasteiger partial charge in [-0.1, -0.05) is 0 Å². The van der Waals surface area contributed by atoms with Crippen molar-refractivity contribution in [2.45, 2.75) is 27.7 Å². The Balaban J connectivity index is 0.000000421. The van der Waals surface area contributed by atoms with Gasteiger partial charge >= 0.3 is 272 Å². The van der Waals surface area contributed by atoms with E-state index in [1.165, 1.54) is 0 Å². The van der Waals surface area contributed by atoms with Gasteiger partial charge in [-0.15, -0.1) is 0 Å². The van der Waals surface area contributed by atoms with Crippen LogP contribution in [0.25, 0.3) is 0 Å². The quantitative estimate of drug-likeness (QED) is 0.166. The van der Waals surface area contributed by atoms with Gasteiger partial charge in [0.1, 0.15) is 0 Å². The molecule has 0 unspecified atom stereocenters. The van der Waals surface area contributed by atoms with Crippen molar-refractivity contribution in [1.29, 1.82) is 0 Å². The molecule has 0 radical (unpaired) electrons. The molecule has 44 heavy (non-hydrogen) atoms. The first-order valence-corrected chi connectivity index (χ1v) is 20.3. The molecule has 0 fully saturated rings. The van der Waals surface area contributed by atoms with E-state index in [0.29, 0.717) is 22.3 Å². The SMILES string of the molecule is Cc1ccc(C(=O)[NH][Hf+][NH]C(=O)c2ccc(C)cc2)cc1.Cc1ccc(C(=O)[NH][Hf+][NH]C(=O)c2ccc(C)cc2)cc1.[F-].[F-]. The van der Waals surface area contributed by atoms with E-state index in [9.17, 15) is 19.2 Å². The second kappa shape index (κ2) is 19.6. The number of carbonyl (C=O) groups is 4. The Kier molecular flexibility index (Phi) is 17.1. The van der Waals surface area contributed by atoms with Crippen molar-refractivity contribution in [2.75, 3.05) is 0 Å². The summed E-state index contributed by atoms with van der Waals surface area (Å²) in [6.07, 6.45) is 0. The third-order valence-corrected chi connectivity index (χ3v) is 11.0. The van der Waals surface area contributed by atoms with Crippen LogP contribution in [0.2, 0.25) is 0 Å². The number of halogens is 2. The van der Waals surface area contributed by atoms with Crippen molar-refractivity contribution in [3.8, 4) is 0 Å². The van der Waals surface area contributed by atoms with Gasteiger partial charge in [-0.05, 0) is 0 Å². The van der Waals surface area contributed by atoms with Crippen LogP contribution in [0.15, 0.2) is 97.1 Å². The molecule has 0 aliphatic rings. The maximum atomic E-state index is 11.9. The molecule has 0 aromatic heterocycles. The van der Waals surface area contributed by atoms with E-state index in [1.807, 2.05) is 76.2 Å². The third kappa shape index (κ3) is 12.9. The molecule has 4 aromatic rings. The van der Waals surface area contributed by atoms with Crippen molar-refractivity contribution >= 4 is 23.6 Å². The molecule has 0 atom stereocenters.